The molecular weight excluding hydrogens is 396 g/mol. The molecule has 32 heavy (non-hydrogen) atoms. The number of hydrogen-bond donors (Lipinski definition) is 2. The smallest absolute Gasteiger partial charge is 0.223 e. The van der Waals surface area contributed by atoms with Crippen LogP contribution in [0.3, 0.4) is 0 Å². The van der Waals surface area contributed by atoms with Gasteiger partial charge in [0.25, 0.3) is 0 Å². The van der Waals surface area contributed by atoms with Crippen molar-refractivity contribution in [2.75, 3.05) is 37.6 Å². The molecule has 1 fully saturated rings. The Labute approximate surface area is 191 Å². The van der Waals surface area contributed by atoms with Crippen LogP contribution in [0.2, 0.25) is 0 Å². The molecule has 0 bridgehead atoms. The topological polar surface area (TPSA) is 51.4 Å². The maximum Gasteiger partial charge on any atom is 0.223 e. The molecule has 2 aromatic carbocycles. The molecule has 0 unspecified atom stereocenters. The highest BCUT2D eigenvalue weighted by Gasteiger charge is 2.24. The van der Waals surface area contributed by atoms with Gasteiger partial charge in [0, 0.05) is 54.9 Å². The summed E-state index contributed by atoms with van der Waals surface area (Å²) in [7, 11) is 0. The number of para-hydroxylation sites is 1. The summed E-state index contributed by atoms with van der Waals surface area (Å²) in [6, 6.07) is 17.3. The van der Waals surface area contributed by atoms with E-state index in [-0.39, 0.29) is 11.8 Å². The molecule has 1 aliphatic heterocycles. The van der Waals surface area contributed by atoms with Crippen molar-refractivity contribution in [2.45, 2.75) is 39.7 Å². The number of H-pyrrole nitrogens is 1. The monoisotopic (exact) mass is 432 g/mol. The molecule has 4 rings (SSSR count). The molecule has 2 heterocycles. The fourth-order valence-corrected chi connectivity index (χ4v) is 4.82. The summed E-state index contributed by atoms with van der Waals surface area (Å²) in [5, 5.41) is 4.42. The van der Waals surface area contributed by atoms with Crippen LogP contribution in [0.5, 0.6) is 0 Å². The van der Waals surface area contributed by atoms with E-state index >= 15 is 0 Å². The van der Waals surface area contributed by atoms with Crippen LogP contribution in [-0.4, -0.2) is 48.5 Å². The van der Waals surface area contributed by atoms with E-state index in [4.69, 9.17) is 0 Å². The minimum atomic E-state index is 0.138. The predicted octanol–water partition coefficient (Wildman–Crippen LogP) is 4.59. The molecule has 3 aromatic rings. The van der Waals surface area contributed by atoms with Crippen LogP contribution in [0.4, 0.5) is 5.69 Å². The molecule has 2 N–H and O–H groups in total. The van der Waals surface area contributed by atoms with Crippen molar-refractivity contribution in [3.8, 4) is 0 Å². The Balaban J connectivity index is 1.20. The minimum Gasteiger partial charge on any atom is -0.372 e. The lowest BCUT2D eigenvalue weighted by molar-refractivity contribution is -0.126. The number of carbonyl (C=O) groups is 1. The maximum atomic E-state index is 12.7. The molecule has 170 valence electrons. The summed E-state index contributed by atoms with van der Waals surface area (Å²) in [5.74, 6) is 0.354. The Morgan fingerprint density at radius 3 is 2.50 bits per heavy atom. The van der Waals surface area contributed by atoms with E-state index in [0.717, 1.165) is 57.5 Å². The number of nitrogens with zero attached hydrogens (tertiary/aromatic N) is 2. The first-order chi connectivity index (χ1) is 15.7. The standard InChI is InChI=1S/C27H36N4O/c1-3-31(4-2)24-11-9-21(10-12-24)20-30-17-14-22(15-18-30)27(32)28-16-13-23-19-29-26-8-6-5-7-25(23)26/h5-12,19,22,29H,3-4,13-18,20H2,1-2H3,(H,28,32). The van der Waals surface area contributed by atoms with Gasteiger partial charge in [0.05, 0.1) is 0 Å². The van der Waals surface area contributed by atoms with Gasteiger partial charge < -0.3 is 15.2 Å². The second-order valence-corrected chi connectivity index (χ2v) is 8.79. The average Bonchev–Trinajstić information content (AvgIpc) is 3.24. The van der Waals surface area contributed by atoms with E-state index < -0.39 is 0 Å². The maximum absolute atomic E-state index is 12.7. The number of rotatable bonds is 9. The van der Waals surface area contributed by atoms with Crippen molar-refractivity contribution < 1.29 is 4.79 Å². The van der Waals surface area contributed by atoms with Crippen molar-refractivity contribution in [2.24, 2.45) is 5.92 Å². The molecule has 0 atom stereocenters. The highest BCUT2D eigenvalue weighted by Crippen LogP contribution is 2.21. The molecule has 1 amide bonds. The fraction of sp³-hybridized carbons (Fsp3) is 0.444. The first kappa shape index (κ1) is 22.4. The van der Waals surface area contributed by atoms with Gasteiger partial charge in [0.1, 0.15) is 0 Å². The van der Waals surface area contributed by atoms with E-state index in [1.807, 2.05) is 6.07 Å². The molecule has 1 aliphatic rings. The predicted molar refractivity (Wildman–Crippen MR) is 133 cm³/mol. The van der Waals surface area contributed by atoms with Gasteiger partial charge in [-0.1, -0.05) is 30.3 Å². The zero-order valence-corrected chi connectivity index (χ0v) is 19.4. The fourth-order valence-electron chi connectivity index (χ4n) is 4.82. The highest BCUT2D eigenvalue weighted by molar-refractivity contribution is 5.83. The van der Waals surface area contributed by atoms with Gasteiger partial charge in [0.2, 0.25) is 5.91 Å². The number of fused-ring (bicyclic) bond motifs is 1. The largest absolute Gasteiger partial charge is 0.372 e. The number of hydrogen-bond acceptors (Lipinski definition) is 3. The Morgan fingerprint density at radius 1 is 1.06 bits per heavy atom. The first-order valence-electron chi connectivity index (χ1n) is 12.1. The van der Waals surface area contributed by atoms with Gasteiger partial charge in [-0.05, 0) is 75.5 Å². The number of aromatic nitrogens is 1. The van der Waals surface area contributed by atoms with Crippen LogP contribution in [0.15, 0.2) is 54.7 Å². The Hall–Kier alpha value is -2.79. The Kier molecular flexibility index (Phi) is 7.48. The first-order valence-corrected chi connectivity index (χ1v) is 12.1. The molecule has 5 nitrogen and oxygen atoms in total. The number of aromatic amines is 1. The number of piperidine rings is 1. The SMILES string of the molecule is CCN(CC)c1ccc(CN2CCC(C(=O)NCCc3c[nH]c4ccccc34)CC2)cc1. The number of anilines is 1. The van der Waals surface area contributed by atoms with E-state index in [1.54, 1.807) is 0 Å². The van der Waals surface area contributed by atoms with Gasteiger partial charge >= 0.3 is 0 Å². The summed E-state index contributed by atoms with van der Waals surface area (Å²) < 4.78 is 0. The quantitative estimate of drug-likeness (QED) is 0.520. The summed E-state index contributed by atoms with van der Waals surface area (Å²) >= 11 is 0. The lowest BCUT2D eigenvalue weighted by atomic mass is 9.95. The van der Waals surface area contributed by atoms with Gasteiger partial charge in [-0.2, -0.15) is 0 Å². The highest BCUT2D eigenvalue weighted by atomic mass is 16.1. The summed E-state index contributed by atoms with van der Waals surface area (Å²) in [6.45, 7) is 10.1. The molecule has 1 aromatic heterocycles. The van der Waals surface area contributed by atoms with Gasteiger partial charge in [-0.3, -0.25) is 9.69 Å². The van der Waals surface area contributed by atoms with Crippen LogP contribution in [0.25, 0.3) is 10.9 Å². The minimum absolute atomic E-state index is 0.138. The second kappa shape index (κ2) is 10.7. The third-order valence-electron chi connectivity index (χ3n) is 6.80. The van der Waals surface area contributed by atoms with Crippen LogP contribution < -0.4 is 10.2 Å². The number of nitrogens with one attached hydrogen (secondary N) is 2. The van der Waals surface area contributed by atoms with E-state index in [9.17, 15) is 4.79 Å². The molecular formula is C27H36N4O. The van der Waals surface area contributed by atoms with E-state index in [1.165, 1.54) is 22.2 Å². The van der Waals surface area contributed by atoms with Crippen LogP contribution in [0.1, 0.15) is 37.8 Å². The van der Waals surface area contributed by atoms with Crippen LogP contribution >= 0.6 is 0 Å². The Morgan fingerprint density at radius 2 is 1.78 bits per heavy atom. The zero-order chi connectivity index (χ0) is 22.3. The van der Waals surface area contributed by atoms with Crippen molar-refractivity contribution >= 4 is 22.5 Å². The molecule has 1 saturated heterocycles. The lowest BCUT2D eigenvalue weighted by Crippen LogP contribution is -2.40. The van der Waals surface area contributed by atoms with Gasteiger partial charge in [-0.15, -0.1) is 0 Å². The lowest BCUT2D eigenvalue weighted by Gasteiger charge is -2.31. The number of carbonyl (C=O) groups excluding carboxylic acids is 1. The van der Waals surface area contributed by atoms with Gasteiger partial charge in [-0.25, -0.2) is 0 Å². The summed E-state index contributed by atoms with van der Waals surface area (Å²) in [5.41, 5.74) is 5.07. The summed E-state index contributed by atoms with van der Waals surface area (Å²) in [4.78, 5) is 20.8. The molecule has 0 saturated carbocycles. The van der Waals surface area contributed by atoms with Crippen LogP contribution in [-0.2, 0) is 17.8 Å². The van der Waals surface area contributed by atoms with E-state index in [0.29, 0.717) is 6.54 Å². The average molecular weight is 433 g/mol. The molecule has 5 heteroatoms. The third kappa shape index (κ3) is 5.33. The van der Waals surface area contributed by atoms with Crippen molar-refractivity contribution in [3.63, 3.8) is 0 Å². The number of amides is 1. The molecule has 0 radical (unpaired) electrons. The van der Waals surface area contributed by atoms with Crippen molar-refractivity contribution in [3.05, 3.63) is 65.9 Å². The zero-order valence-electron chi connectivity index (χ0n) is 19.4. The molecule has 0 spiro atoms. The van der Waals surface area contributed by atoms with Crippen molar-refractivity contribution in [1.29, 1.82) is 0 Å². The van der Waals surface area contributed by atoms with Gasteiger partial charge in [0.15, 0.2) is 0 Å². The van der Waals surface area contributed by atoms with E-state index in [2.05, 4.69) is 82.6 Å². The Bertz CT molecular complexity index is 998. The summed E-state index contributed by atoms with van der Waals surface area (Å²) in [6.07, 6.45) is 4.80. The normalized spacial score (nSPS) is 15.2. The van der Waals surface area contributed by atoms with Crippen LogP contribution in [0, 0.1) is 5.92 Å². The van der Waals surface area contributed by atoms with Crippen molar-refractivity contribution in [1.82, 2.24) is 15.2 Å². The number of likely N-dealkylation sites (tertiary alicyclic amines) is 1. The number of benzene rings is 2. The molecule has 0 aliphatic carbocycles. The third-order valence-corrected chi connectivity index (χ3v) is 6.80. The second-order valence-electron chi connectivity index (χ2n) is 8.79.